The van der Waals surface area contributed by atoms with Crippen LogP contribution in [-0.4, -0.2) is 29.2 Å². The van der Waals surface area contributed by atoms with Crippen molar-refractivity contribution in [3.63, 3.8) is 0 Å². The van der Waals surface area contributed by atoms with E-state index in [4.69, 9.17) is 4.74 Å². The van der Waals surface area contributed by atoms with E-state index in [2.05, 4.69) is 24.3 Å². The van der Waals surface area contributed by atoms with Crippen molar-refractivity contribution in [3.05, 3.63) is 125 Å². The van der Waals surface area contributed by atoms with Crippen molar-refractivity contribution in [1.82, 2.24) is 4.90 Å². The third-order valence-electron chi connectivity index (χ3n) is 8.02. The summed E-state index contributed by atoms with van der Waals surface area (Å²) < 4.78 is 5.53. The molecule has 5 heteroatoms. The molecule has 0 aromatic heterocycles. The van der Waals surface area contributed by atoms with Gasteiger partial charge in [-0.25, -0.2) is 4.79 Å². The van der Waals surface area contributed by atoms with Gasteiger partial charge in [0.25, 0.3) is 0 Å². The Morgan fingerprint density at radius 3 is 1.51 bits per heavy atom. The molecule has 2 bridgehead atoms. The fourth-order valence-electron chi connectivity index (χ4n) is 6.53. The molecule has 1 saturated heterocycles. The molecule has 2 amide bonds. The third kappa shape index (κ3) is 3.27. The lowest BCUT2D eigenvalue weighted by molar-refractivity contribution is -0.148. The number of hydrogen-bond donors (Lipinski definition) is 0. The summed E-state index contributed by atoms with van der Waals surface area (Å²) in [5.41, 5.74) is 6.50. The van der Waals surface area contributed by atoms with Crippen molar-refractivity contribution in [3.8, 4) is 16.9 Å². The summed E-state index contributed by atoms with van der Waals surface area (Å²) in [6, 6.07) is 33.3. The molecule has 2 atom stereocenters. The number of esters is 1. The van der Waals surface area contributed by atoms with Gasteiger partial charge in [0.2, 0.25) is 11.8 Å². The number of rotatable bonds is 4. The Morgan fingerprint density at radius 1 is 0.595 bits per heavy atom. The van der Waals surface area contributed by atoms with Crippen molar-refractivity contribution < 1.29 is 19.1 Å². The first kappa shape index (κ1) is 21.7. The molecule has 0 saturated carbocycles. The lowest BCUT2D eigenvalue weighted by Gasteiger charge is -2.45. The highest BCUT2D eigenvalue weighted by Crippen LogP contribution is 2.60. The standard InChI is InChI=1S/C32H23NO4/c34-26(37-21-16-14-20(15-17-21)19-8-2-1-3-9-19)18-33-31(35)29-27-22-10-4-5-11-23(22)28(30(29)32(33)36)25-13-7-6-12-24(25)27/h1-17,27-30H,18H2/t27?,28?,29-,30-/m0/s1. The van der Waals surface area contributed by atoms with E-state index in [9.17, 15) is 14.4 Å². The number of imide groups is 1. The molecular weight excluding hydrogens is 462 g/mol. The molecule has 0 radical (unpaired) electrons. The minimum Gasteiger partial charge on any atom is -0.425 e. The lowest BCUT2D eigenvalue weighted by atomic mass is 9.55. The number of benzene rings is 4. The van der Waals surface area contributed by atoms with Crippen LogP contribution in [-0.2, 0) is 14.4 Å². The molecule has 0 N–H and O–H groups in total. The molecule has 4 aromatic rings. The van der Waals surface area contributed by atoms with Crippen LogP contribution in [0.5, 0.6) is 5.75 Å². The predicted octanol–water partition coefficient (Wildman–Crippen LogP) is 5.15. The van der Waals surface area contributed by atoms with Gasteiger partial charge in [0.15, 0.2) is 0 Å². The second-order valence-corrected chi connectivity index (χ2v) is 9.89. The fraction of sp³-hybridized carbons (Fsp3) is 0.156. The highest BCUT2D eigenvalue weighted by molar-refractivity contribution is 6.09. The van der Waals surface area contributed by atoms with Gasteiger partial charge < -0.3 is 4.74 Å². The van der Waals surface area contributed by atoms with Gasteiger partial charge in [-0.3, -0.25) is 14.5 Å². The van der Waals surface area contributed by atoms with Gasteiger partial charge in [-0.1, -0.05) is 91.0 Å². The fourth-order valence-corrected chi connectivity index (χ4v) is 6.53. The van der Waals surface area contributed by atoms with Gasteiger partial charge >= 0.3 is 5.97 Å². The largest absolute Gasteiger partial charge is 0.425 e. The molecule has 4 aliphatic rings. The molecule has 3 aliphatic carbocycles. The summed E-state index contributed by atoms with van der Waals surface area (Å²) >= 11 is 0. The van der Waals surface area contributed by atoms with Crippen LogP contribution in [0.3, 0.4) is 0 Å². The minimum atomic E-state index is -0.629. The normalized spacial score (nSPS) is 22.9. The van der Waals surface area contributed by atoms with E-state index in [1.807, 2.05) is 66.7 Å². The number of hydrogen-bond acceptors (Lipinski definition) is 4. The number of carbonyl (C=O) groups is 3. The van der Waals surface area contributed by atoms with E-state index in [0.29, 0.717) is 5.75 Å². The number of carbonyl (C=O) groups excluding carboxylic acids is 3. The number of likely N-dealkylation sites (tertiary alicyclic amines) is 1. The molecule has 8 rings (SSSR count). The zero-order valence-corrected chi connectivity index (χ0v) is 19.9. The maximum absolute atomic E-state index is 13.6. The first-order valence-corrected chi connectivity index (χ1v) is 12.5. The molecule has 5 nitrogen and oxygen atoms in total. The van der Waals surface area contributed by atoms with Crippen molar-refractivity contribution in [2.45, 2.75) is 11.8 Å². The van der Waals surface area contributed by atoms with Gasteiger partial charge in [-0.15, -0.1) is 0 Å². The summed E-state index contributed by atoms with van der Waals surface area (Å²) in [6.45, 7) is -0.392. The van der Waals surface area contributed by atoms with E-state index < -0.39 is 24.3 Å². The highest BCUT2D eigenvalue weighted by Gasteiger charge is 2.61. The highest BCUT2D eigenvalue weighted by atomic mass is 16.5. The Balaban J connectivity index is 1.14. The molecule has 1 fully saturated rings. The zero-order valence-electron chi connectivity index (χ0n) is 19.9. The van der Waals surface area contributed by atoms with Crippen molar-refractivity contribution in [1.29, 1.82) is 0 Å². The molecule has 37 heavy (non-hydrogen) atoms. The molecule has 1 heterocycles. The van der Waals surface area contributed by atoms with Gasteiger partial charge in [0, 0.05) is 11.8 Å². The molecule has 1 aliphatic heterocycles. The molecule has 0 spiro atoms. The summed E-state index contributed by atoms with van der Waals surface area (Å²) in [5, 5.41) is 0. The Kier molecular flexibility index (Phi) is 4.86. The molecular formula is C32H23NO4. The van der Waals surface area contributed by atoms with Gasteiger partial charge in [0.1, 0.15) is 12.3 Å². The van der Waals surface area contributed by atoms with Crippen LogP contribution in [0.15, 0.2) is 103 Å². The van der Waals surface area contributed by atoms with Crippen LogP contribution in [0.25, 0.3) is 11.1 Å². The topological polar surface area (TPSA) is 63.7 Å². The van der Waals surface area contributed by atoms with E-state index in [0.717, 1.165) is 38.3 Å². The monoisotopic (exact) mass is 485 g/mol. The predicted molar refractivity (Wildman–Crippen MR) is 138 cm³/mol. The first-order valence-electron chi connectivity index (χ1n) is 12.5. The van der Waals surface area contributed by atoms with Crippen molar-refractivity contribution in [2.75, 3.05) is 6.54 Å². The quantitative estimate of drug-likeness (QED) is 0.228. The lowest BCUT2D eigenvalue weighted by Crippen LogP contribution is -2.41. The van der Waals surface area contributed by atoms with Crippen molar-refractivity contribution in [2.24, 2.45) is 11.8 Å². The Hall–Kier alpha value is -4.51. The van der Waals surface area contributed by atoms with E-state index in [-0.39, 0.29) is 23.7 Å². The number of ether oxygens (including phenoxy) is 1. The summed E-state index contributed by atoms with van der Waals surface area (Å²) in [4.78, 5) is 41.3. The average Bonchev–Trinajstić information content (AvgIpc) is 3.19. The van der Waals surface area contributed by atoms with Gasteiger partial charge in [-0.2, -0.15) is 0 Å². The number of nitrogens with zero attached hydrogens (tertiary/aromatic N) is 1. The zero-order chi connectivity index (χ0) is 25.1. The van der Waals surface area contributed by atoms with E-state index >= 15 is 0 Å². The van der Waals surface area contributed by atoms with Gasteiger partial charge in [-0.05, 0) is 45.5 Å². The van der Waals surface area contributed by atoms with Crippen LogP contribution in [0.1, 0.15) is 34.1 Å². The smallest absolute Gasteiger partial charge is 0.331 e. The van der Waals surface area contributed by atoms with Crippen LogP contribution >= 0.6 is 0 Å². The molecule has 180 valence electrons. The van der Waals surface area contributed by atoms with E-state index in [1.54, 1.807) is 12.1 Å². The van der Waals surface area contributed by atoms with Crippen LogP contribution in [0.2, 0.25) is 0 Å². The summed E-state index contributed by atoms with van der Waals surface area (Å²) in [6.07, 6.45) is 0. The Morgan fingerprint density at radius 2 is 1.03 bits per heavy atom. The second kappa shape index (κ2) is 8.27. The van der Waals surface area contributed by atoms with Crippen LogP contribution in [0, 0.1) is 11.8 Å². The Bertz CT molecular complexity index is 1440. The molecule has 4 aromatic carbocycles. The van der Waals surface area contributed by atoms with E-state index in [1.165, 1.54) is 0 Å². The second-order valence-electron chi connectivity index (χ2n) is 9.89. The maximum atomic E-state index is 13.6. The summed E-state index contributed by atoms with van der Waals surface area (Å²) in [7, 11) is 0. The van der Waals surface area contributed by atoms with Crippen LogP contribution in [0.4, 0.5) is 0 Å². The number of amides is 2. The third-order valence-corrected chi connectivity index (χ3v) is 8.02. The first-order chi connectivity index (χ1) is 18.1. The average molecular weight is 486 g/mol. The minimum absolute atomic E-state index is 0.189. The SMILES string of the molecule is O=C(CN1C(=O)[C@H]2C3c4ccccc4C(c4ccccc43)[C@@H]2C1=O)Oc1ccc(-c2ccccc2)cc1. The van der Waals surface area contributed by atoms with Gasteiger partial charge in [0.05, 0.1) is 11.8 Å². The van der Waals surface area contributed by atoms with Crippen molar-refractivity contribution >= 4 is 17.8 Å². The Labute approximate surface area is 214 Å². The maximum Gasteiger partial charge on any atom is 0.331 e. The molecule has 0 unspecified atom stereocenters. The summed E-state index contributed by atoms with van der Waals surface area (Å²) in [5.74, 6) is -2.21. The van der Waals surface area contributed by atoms with Crippen LogP contribution < -0.4 is 4.74 Å².